The number of anilines is 1. The van der Waals surface area contributed by atoms with Gasteiger partial charge in [-0.3, -0.25) is 0 Å². The summed E-state index contributed by atoms with van der Waals surface area (Å²) in [5.74, 6) is 1.14. The third-order valence-electron chi connectivity index (χ3n) is 3.96. The van der Waals surface area contributed by atoms with E-state index in [1.807, 2.05) is 18.2 Å². The molecule has 118 valence electrons. The van der Waals surface area contributed by atoms with Crippen LogP contribution >= 0.6 is 11.3 Å². The van der Waals surface area contributed by atoms with Crippen molar-refractivity contribution in [1.82, 2.24) is 9.97 Å². The molecule has 1 aliphatic heterocycles. The average Bonchev–Trinajstić information content (AvgIpc) is 3.12. The van der Waals surface area contributed by atoms with Gasteiger partial charge in [-0.15, -0.1) is 11.3 Å². The van der Waals surface area contributed by atoms with Gasteiger partial charge >= 0.3 is 0 Å². The van der Waals surface area contributed by atoms with E-state index in [4.69, 9.17) is 0 Å². The maximum atomic E-state index is 11.6. The Morgan fingerprint density at radius 3 is 2.74 bits per heavy atom. The molecule has 0 spiro atoms. The van der Waals surface area contributed by atoms with Crippen LogP contribution in [0.1, 0.15) is 6.42 Å². The summed E-state index contributed by atoms with van der Waals surface area (Å²) in [6.45, 7) is 0. The zero-order valence-electron chi connectivity index (χ0n) is 12.3. The third-order valence-corrected chi connectivity index (χ3v) is 6.82. The third kappa shape index (κ3) is 2.94. The highest BCUT2D eigenvalue weighted by Crippen LogP contribution is 2.35. The Balaban J connectivity index is 1.69. The van der Waals surface area contributed by atoms with Crippen LogP contribution < -0.4 is 5.32 Å². The highest BCUT2D eigenvalue weighted by Gasteiger charge is 2.28. The molecule has 1 saturated heterocycles. The standard InChI is InChI=1S/C16H15N3O2S2/c20-23(21)7-6-12(9-23)19-15-13-8-14(11-4-2-1-3-5-11)22-16(13)18-10-17-15/h1-5,8,10,12H,6-7,9H2,(H,17,18,19)/t12-/m0/s1. The minimum atomic E-state index is -2.91. The van der Waals surface area contributed by atoms with Gasteiger partial charge in [0.25, 0.3) is 0 Å². The molecule has 0 amide bonds. The van der Waals surface area contributed by atoms with Crippen LogP contribution in [0.15, 0.2) is 42.7 Å². The summed E-state index contributed by atoms with van der Waals surface area (Å²) in [6, 6.07) is 12.1. The number of nitrogens with zero attached hydrogens (tertiary/aromatic N) is 2. The molecule has 3 aromatic rings. The Kier molecular flexibility index (Phi) is 3.54. The molecule has 1 fully saturated rings. The minimum absolute atomic E-state index is 0.0711. The van der Waals surface area contributed by atoms with Gasteiger partial charge in [0.05, 0.1) is 16.9 Å². The van der Waals surface area contributed by atoms with Crippen LogP contribution in [0.25, 0.3) is 20.7 Å². The summed E-state index contributed by atoms with van der Waals surface area (Å²) in [7, 11) is -2.91. The van der Waals surface area contributed by atoms with E-state index in [-0.39, 0.29) is 17.5 Å². The molecule has 0 saturated carbocycles. The van der Waals surface area contributed by atoms with Crippen molar-refractivity contribution in [2.45, 2.75) is 12.5 Å². The molecule has 1 aromatic carbocycles. The van der Waals surface area contributed by atoms with Gasteiger partial charge in [0.1, 0.15) is 17.0 Å². The van der Waals surface area contributed by atoms with Crippen molar-refractivity contribution in [2.24, 2.45) is 0 Å². The normalized spacial score (nSPS) is 19.9. The summed E-state index contributed by atoms with van der Waals surface area (Å²) in [5.41, 5.74) is 1.14. The second kappa shape index (κ2) is 5.58. The predicted octanol–water partition coefficient (Wildman–Crippen LogP) is 2.96. The molecule has 2 aromatic heterocycles. The Labute approximate surface area is 138 Å². The lowest BCUT2D eigenvalue weighted by Gasteiger charge is -2.11. The summed E-state index contributed by atoms with van der Waals surface area (Å²) >= 11 is 1.61. The number of nitrogens with one attached hydrogen (secondary N) is 1. The molecule has 1 aliphatic rings. The van der Waals surface area contributed by atoms with Crippen LogP contribution in [0.3, 0.4) is 0 Å². The summed E-state index contributed by atoms with van der Waals surface area (Å²) in [5, 5.41) is 4.23. The number of fused-ring (bicyclic) bond motifs is 1. The first-order valence-corrected chi connectivity index (χ1v) is 10.0. The monoisotopic (exact) mass is 345 g/mol. The van der Waals surface area contributed by atoms with Crippen LogP contribution in [0, 0.1) is 0 Å². The Morgan fingerprint density at radius 1 is 1.17 bits per heavy atom. The molecule has 1 atom stereocenters. The van der Waals surface area contributed by atoms with Crippen LogP contribution in [0.2, 0.25) is 0 Å². The van der Waals surface area contributed by atoms with Gasteiger partial charge in [-0.05, 0) is 18.1 Å². The van der Waals surface area contributed by atoms with Gasteiger partial charge in [-0.25, -0.2) is 18.4 Å². The molecular formula is C16H15N3O2S2. The van der Waals surface area contributed by atoms with E-state index >= 15 is 0 Å². The van der Waals surface area contributed by atoms with E-state index in [1.165, 1.54) is 6.33 Å². The highest BCUT2D eigenvalue weighted by atomic mass is 32.2. The van der Waals surface area contributed by atoms with Gasteiger partial charge in [-0.1, -0.05) is 30.3 Å². The van der Waals surface area contributed by atoms with E-state index in [9.17, 15) is 8.42 Å². The molecule has 3 heterocycles. The summed E-state index contributed by atoms with van der Waals surface area (Å²) in [4.78, 5) is 10.7. The largest absolute Gasteiger partial charge is 0.366 e. The van der Waals surface area contributed by atoms with E-state index < -0.39 is 9.84 Å². The van der Waals surface area contributed by atoms with Gasteiger partial charge in [0.2, 0.25) is 0 Å². The van der Waals surface area contributed by atoms with Crippen molar-refractivity contribution >= 4 is 37.2 Å². The van der Waals surface area contributed by atoms with E-state index in [0.717, 1.165) is 26.5 Å². The Bertz CT molecular complexity index is 952. The molecule has 1 N–H and O–H groups in total. The van der Waals surface area contributed by atoms with Crippen LogP contribution in [-0.2, 0) is 9.84 Å². The second-order valence-corrected chi connectivity index (χ2v) is 8.92. The fourth-order valence-corrected chi connectivity index (χ4v) is 5.50. The number of aromatic nitrogens is 2. The first-order chi connectivity index (χ1) is 11.1. The van der Waals surface area contributed by atoms with Crippen LogP contribution in [-0.4, -0.2) is 35.9 Å². The lowest BCUT2D eigenvalue weighted by Crippen LogP contribution is -2.21. The lowest BCUT2D eigenvalue weighted by molar-refractivity contribution is 0.602. The Morgan fingerprint density at radius 2 is 2.00 bits per heavy atom. The van der Waals surface area contributed by atoms with E-state index in [0.29, 0.717) is 6.42 Å². The fraction of sp³-hybridized carbons (Fsp3) is 0.250. The Hall–Kier alpha value is -1.99. The zero-order chi connectivity index (χ0) is 15.9. The number of rotatable bonds is 3. The van der Waals surface area contributed by atoms with E-state index in [1.54, 1.807) is 11.3 Å². The number of thiophene rings is 1. The molecular weight excluding hydrogens is 330 g/mol. The first-order valence-electron chi connectivity index (χ1n) is 7.38. The topological polar surface area (TPSA) is 72.0 Å². The molecule has 7 heteroatoms. The first kappa shape index (κ1) is 14.6. The fourth-order valence-electron chi connectivity index (χ4n) is 2.82. The number of sulfone groups is 1. The van der Waals surface area contributed by atoms with Crippen molar-refractivity contribution in [2.75, 3.05) is 16.8 Å². The molecule has 0 radical (unpaired) electrons. The van der Waals surface area contributed by atoms with Crippen molar-refractivity contribution < 1.29 is 8.42 Å². The molecule has 4 rings (SSSR count). The number of benzene rings is 1. The quantitative estimate of drug-likeness (QED) is 0.790. The maximum Gasteiger partial charge on any atom is 0.152 e. The molecule has 5 nitrogen and oxygen atoms in total. The van der Waals surface area contributed by atoms with Gasteiger partial charge in [0, 0.05) is 10.9 Å². The van der Waals surface area contributed by atoms with Crippen molar-refractivity contribution in [3.05, 3.63) is 42.7 Å². The van der Waals surface area contributed by atoms with Crippen LogP contribution in [0.5, 0.6) is 0 Å². The molecule has 0 aliphatic carbocycles. The number of hydrogen-bond donors (Lipinski definition) is 1. The van der Waals surface area contributed by atoms with Crippen molar-refractivity contribution in [1.29, 1.82) is 0 Å². The molecule has 0 bridgehead atoms. The van der Waals surface area contributed by atoms with Crippen molar-refractivity contribution in [3.8, 4) is 10.4 Å². The average molecular weight is 345 g/mol. The summed E-state index contributed by atoms with van der Waals surface area (Å²) < 4.78 is 23.2. The predicted molar refractivity (Wildman–Crippen MR) is 93.5 cm³/mol. The lowest BCUT2D eigenvalue weighted by atomic mass is 10.2. The smallest absolute Gasteiger partial charge is 0.152 e. The van der Waals surface area contributed by atoms with Gasteiger partial charge < -0.3 is 5.32 Å². The van der Waals surface area contributed by atoms with Gasteiger partial charge in [-0.2, -0.15) is 0 Å². The molecule has 0 unspecified atom stereocenters. The SMILES string of the molecule is O=S1(=O)CC[C@H](Nc2ncnc3sc(-c4ccccc4)cc23)C1. The van der Waals surface area contributed by atoms with Crippen molar-refractivity contribution in [3.63, 3.8) is 0 Å². The maximum absolute atomic E-state index is 11.6. The van der Waals surface area contributed by atoms with Crippen LogP contribution in [0.4, 0.5) is 5.82 Å². The number of hydrogen-bond acceptors (Lipinski definition) is 6. The highest BCUT2D eigenvalue weighted by molar-refractivity contribution is 7.91. The minimum Gasteiger partial charge on any atom is -0.366 e. The molecule has 23 heavy (non-hydrogen) atoms. The second-order valence-electron chi connectivity index (χ2n) is 5.66. The van der Waals surface area contributed by atoms with Gasteiger partial charge in [0.15, 0.2) is 9.84 Å². The zero-order valence-corrected chi connectivity index (χ0v) is 13.9. The van der Waals surface area contributed by atoms with E-state index in [2.05, 4.69) is 33.5 Å². The summed E-state index contributed by atoms with van der Waals surface area (Å²) in [6.07, 6.45) is 2.16.